The molecule has 0 aromatic heterocycles. The van der Waals surface area contributed by atoms with Crippen molar-refractivity contribution in [3.63, 3.8) is 0 Å². The standard InChI is InChI=1S/C23H29N3O2S/c1-16-8-6-7-11-20(16)25-22(27)21(17-9-4-3-5-10-17)26-23(29)24-18-12-14-19(28-2)15-13-18/h6-8,11-15,17,21H,3-5,9-10H2,1-2H3,(H,25,27)(H2,24,26,29). The maximum absolute atomic E-state index is 13.2. The lowest BCUT2D eigenvalue weighted by atomic mass is 9.83. The molecule has 0 radical (unpaired) electrons. The Morgan fingerprint density at radius 3 is 2.38 bits per heavy atom. The molecule has 2 aromatic rings. The third-order valence-electron chi connectivity index (χ3n) is 5.44. The lowest BCUT2D eigenvalue weighted by molar-refractivity contribution is -0.119. The number of anilines is 2. The molecule has 2 aromatic carbocycles. The van der Waals surface area contributed by atoms with Crippen molar-refractivity contribution < 1.29 is 9.53 Å². The molecule has 1 aliphatic carbocycles. The van der Waals surface area contributed by atoms with E-state index in [4.69, 9.17) is 17.0 Å². The number of ether oxygens (including phenoxy) is 1. The van der Waals surface area contributed by atoms with Crippen molar-refractivity contribution in [3.05, 3.63) is 54.1 Å². The van der Waals surface area contributed by atoms with Gasteiger partial charge in [0.15, 0.2) is 5.11 Å². The molecule has 0 spiro atoms. The fourth-order valence-corrected chi connectivity index (χ4v) is 4.02. The van der Waals surface area contributed by atoms with E-state index in [0.29, 0.717) is 5.11 Å². The molecular formula is C23H29N3O2S. The van der Waals surface area contributed by atoms with Gasteiger partial charge in [-0.1, -0.05) is 37.5 Å². The van der Waals surface area contributed by atoms with Crippen LogP contribution in [0.1, 0.15) is 37.7 Å². The number of aryl methyl sites for hydroxylation is 1. The minimum absolute atomic E-state index is 0.0370. The molecule has 1 saturated carbocycles. The van der Waals surface area contributed by atoms with E-state index in [1.54, 1.807) is 7.11 Å². The molecule has 1 atom stereocenters. The first-order valence-corrected chi connectivity index (χ1v) is 10.6. The first-order valence-electron chi connectivity index (χ1n) is 10.1. The van der Waals surface area contributed by atoms with Crippen LogP contribution in [0.25, 0.3) is 0 Å². The smallest absolute Gasteiger partial charge is 0.247 e. The average molecular weight is 412 g/mol. The van der Waals surface area contributed by atoms with Gasteiger partial charge in [-0.25, -0.2) is 0 Å². The number of nitrogens with one attached hydrogen (secondary N) is 3. The van der Waals surface area contributed by atoms with Crippen LogP contribution in [0.15, 0.2) is 48.5 Å². The molecule has 3 N–H and O–H groups in total. The molecular weight excluding hydrogens is 382 g/mol. The number of hydrogen-bond donors (Lipinski definition) is 3. The number of benzene rings is 2. The van der Waals surface area contributed by atoms with Crippen LogP contribution in [0.2, 0.25) is 0 Å². The van der Waals surface area contributed by atoms with Crippen LogP contribution in [0.5, 0.6) is 5.75 Å². The number of amides is 1. The number of methoxy groups -OCH3 is 1. The molecule has 1 amide bonds. The number of rotatable bonds is 6. The summed E-state index contributed by atoms with van der Waals surface area (Å²) in [4.78, 5) is 13.2. The topological polar surface area (TPSA) is 62.4 Å². The Hall–Kier alpha value is -2.60. The summed E-state index contributed by atoms with van der Waals surface area (Å²) in [5.74, 6) is 1.01. The van der Waals surface area contributed by atoms with Gasteiger partial charge >= 0.3 is 0 Å². The van der Waals surface area contributed by atoms with Gasteiger partial charge in [-0.2, -0.15) is 0 Å². The molecule has 0 heterocycles. The summed E-state index contributed by atoms with van der Waals surface area (Å²) in [6.07, 6.45) is 5.60. The Labute approximate surface area is 178 Å². The van der Waals surface area contributed by atoms with Gasteiger partial charge in [0.1, 0.15) is 11.8 Å². The third-order valence-corrected chi connectivity index (χ3v) is 5.66. The van der Waals surface area contributed by atoms with Crippen LogP contribution in [0.3, 0.4) is 0 Å². The van der Waals surface area contributed by atoms with Crippen molar-refractivity contribution in [3.8, 4) is 5.75 Å². The predicted octanol–water partition coefficient (Wildman–Crippen LogP) is 4.88. The second kappa shape index (κ2) is 10.3. The lowest BCUT2D eigenvalue weighted by Crippen LogP contribution is -2.50. The zero-order valence-electron chi connectivity index (χ0n) is 17.0. The van der Waals surface area contributed by atoms with E-state index in [1.165, 1.54) is 6.42 Å². The van der Waals surface area contributed by atoms with Crippen molar-refractivity contribution >= 4 is 34.6 Å². The highest BCUT2D eigenvalue weighted by molar-refractivity contribution is 7.80. The van der Waals surface area contributed by atoms with E-state index in [2.05, 4.69) is 16.0 Å². The summed E-state index contributed by atoms with van der Waals surface area (Å²) in [7, 11) is 1.64. The van der Waals surface area contributed by atoms with E-state index in [-0.39, 0.29) is 17.9 Å². The second-order valence-corrected chi connectivity index (χ2v) is 7.92. The van der Waals surface area contributed by atoms with Crippen molar-refractivity contribution in [2.24, 2.45) is 5.92 Å². The van der Waals surface area contributed by atoms with Gasteiger partial charge in [-0.3, -0.25) is 4.79 Å². The highest BCUT2D eigenvalue weighted by atomic mass is 32.1. The van der Waals surface area contributed by atoms with Gasteiger partial charge in [0.05, 0.1) is 7.11 Å². The number of carbonyl (C=O) groups excluding carboxylic acids is 1. The molecule has 1 unspecified atom stereocenters. The fraction of sp³-hybridized carbons (Fsp3) is 0.391. The molecule has 1 fully saturated rings. The van der Waals surface area contributed by atoms with Crippen molar-refractivity contribution in [2.75, 3.05) is 17.7 Å². The molecule has 0 bridgehead atoms. The molecule has 154 valence electrons. The van der Waals surface area contributed by atoms with Crippen molar-refractivity contribution in [2.45, 2.75) is 45.1 Å². The van der Waals surface area contributed by atoms with Gasteiger partial charge in [-0.05, 0) is 73.8 Å². The number of hydrogen-bond acceptors (Lipinski definition) is 3. The Morgan fingerprint density at radius 2 is 1.72 bits per heavy atom. The van der Waals surface area contributed by atoms with Crippen LogP contribution in [0.4, 0.5) is 11.4 Å². The van der Waals surface area contributed by atoms with E-state index in [1.807, 2.05) is 55.5 Å². The normalized spacial score (nSPS) is 15.2. The molecule has 1 aliphatic rings. The number of para-hydroxylation sites is 1. The average Bonchev–Trinajstić information content (AvgIpc) is 2.75. The van der Waals surface area contributed by atoms with Crippen LogP contribution in [-0.4, -0.2) is 24.2 Å². The largest absolute Gasteiger partial charge is 0.497 e. The van der Waals surface area contributed by atoms with Crippen LogP contribution in [-0.2, 0) is 4.79 Å². The van der Waals surface area contributed by atoms with Crippen molar-refractivity contribution in [1.82, 2.24) is 5.32 Å². The second-order valence-electron chi connectivity index (χ2n) is 7.51. The summed E-state index contributed by atoms with van der Waals surface area (Å²) >= 11 is 5.52. The fourth-order valence-electron chi connectivity index (χ4n) is 3.77. The molecule has 5 nitrogen and oxygen atoms in total. The van der Waals surface area contributed by atoms with Gasteiger partial charge in [-0.15, -0.1) is 0 Å². The van der Waals surface area contributed by atoms with Gasteiger partial charge in [0, 0.05) is 11.4 Å². The minimum Gasteiger partial charge on any atom is -0.497 e. The molecule has 3 rings (SSSR count). The maximum atomic E-state index is 13.2. The van der Waals surface area contributed by atoms with E-state index < -0.39 is 0 Å². The summed E-state index contributed by atoms with van der Waals surface area (Å²) in [5.41, 5.74) is 2.74. The molecule has 6 heteroatoms. The minimum atomic E-state index is -0.367. The zero-order valence-corrected chi connectivity index (χ0v) is 17.9. The van der Waals surface area contributed by atoms with Crippen LogP contribution < -0.4 is 20.7 Å². The zero-order chi connectivity index (χ0) is 20.6. The SMILES string of the molecule is COc1ccc(NC(=S)NC(C(=O)Nc2ccccc2C)C2CCCCC2)cc1. The molecule has 0 aliphatic heterocycles. The Kier molecular flexibility index (Phi) is 7.47. The third kappa shape index (κ3) is 5.94. The Bertz CT molecular complexity index is 832. The molecule has 29 heavy (non-hydrogen) atoms. The maximum Gasteiger partial charge on any atom is 0.247 e. The van der Waals surface area contributed by atoms with E-state index in [0.717, 1.165) is 48.4 Å². The summed E-state index contributed by atoms with van der Waals surface area (Å²) in [5, 5.41) is 9.99. The van der Waals surface area contributed by atoms with Crippen LogP contribution in [0, 0.1) is 12.8 Å². The number of thiocarbonyl (C=S) groups is 1. The van der Waals surface area contributed by atoms with E-state index >= 15 is 0 Å². The quantitative estimate of drug-likeness (QED) is 0.592. The monoisotopic (exact) mass is 411 g/mol. The highest BCUT2D eigenvalue weighted by Gasteiger charge is 2.30. The molecule has 0 saturated heterocycles. The van der Waals surface area contributed by atoms with Gasteiger partial charge in [0.2, 0.25) is 5.91 Å². The van der Waals surface area contributed by atoms with Crippen LogP contribution >= 0.6 is 12.2 Å². The first-order chi connectivity index (χ1) is 14.1. The Balaban J connectivity index is 1.69. The van der Waals surface area contributed by atoms with E-state index in [9.17, 15) is 4.79 Å². The summed E-state index contributed by atoms with van der Waals surface area (Å²) < 4.78 is 5.19. The van der Waals surface area contributed by atoms with Gasteiger partial charge in [0.25, 0.3) is 0 Å². The summed E-state index contributed by atoms with van der Waals surface area (Å²) in [6, 6.07) is 15.0. The highest BCUT2D eigenvalue weighted by Crippen LogP contribution is 2.28. The summed E-state index contributed by atoms with van der Waals surface area (Å²) in [6.45, 7) is 1.99. The predicted molar refractivity (Wildman–Crippen MR) is 123 cm³/mol. The first kappa shape index (κ1) is 21.1. The number of carbonyl (C=O) groups is 1. The van der Waals surface area contributed by atoms with Crippen molar-refractivity contribution in [1.29, 1.82) is 0 Å². The Morgan fingerprint density at radius 1 is 1.03 bits per heavy atom. The lowest BCUT2D eigenvalue weighted by Gasteiger charge is -2.31. The van der Waals surface area contributed by atoms with Gasteiger partial charge < -0.3 is 20.7 Å².